The lowest BCUT2D eigenvalue weighted by molar-refractivity contribution is 0.0984. The van der Waals surface area contributed by atoms with Gasteiger partial charge in [0, 0.05) is 54.6 Å². The van der Waals surface area contributed by atoms with Gasteiger partial charge in [0.1, 0.15) is 12.4 Å². The highest BCUT2D eigenvalue weighted by molar-refractivity contribution is 5.66. The largest absolute Gasteiger partial charge is 0.473 e. The van der Waals surface area contributed by atoms with Crippen LogP contribution >= 0.6 is 0 Å². The predicted octanol–water partition coefficient (Wildman–Crippen LogP) is 4.83. The van der Waals surface area contributed by atoms with E-state index in [4.69, 9.17) is 19.4 Å². The van der Waals surface area contributed by atoms with Crippen molar-refractivity contribution < 1.29 is 9.47 Å². The van der Waals surface area contributed by atoms with Gasteiger partial charge in [-0.1, -0.05) is 30.3 Å². The van der Waals surface area contributed by atoms with E-state index in [0.717, 1.165) is 47.8 Å². The molecule has 44 heavy (non-hydrogen) atoms. The summed E-state index contributed by atoms with van der Waals surface area (Å²) in [7, 11) is 0. The van der Waals surface area contributed by atoms with Gasteiger partial charge in [-0.3, -0.25) is 0 Å². The van der Waals surface area contributed by atoms with Gasteiger partial charge in [0.25, 0.3) is 0 Å². The van der Waals surface area contributed by atoms with Crippen molar-refractivity contribution >= 4 is 23.4 Å². The van der Waals surface area contributed by atoms with Crippen molar-refractivity contribution in [3.05, 3.63) is 102 Å². The normalized spacial score (nSPS) is 16.3. The number of fused-ring (bicyclic) bond motifs is 1. The summed E-state index contributed by atoms with van der Waals surface area (Å²) in [6.07, 6.45) is 6.06. The fraction of sp³-hybridized carbons (Fsp3) is 0.273. The van der Waals surface area contributed by atoms with E-state index < -0.39 is 0 Å². The molecule has 2 aliphatic rings. The summed E-state index contributed by atoms with van der Waals surface area (Å²) in [5, 5.41) is 3.28. The summed E-state index contributed by atoms with van der Waals surface area (Å²) in [5.41, 5.74) is 5.05. The lowest BCUT2D eigenvalue weighted by Gasteiger charge is -2.37. The van der Waals surface area contributed by atoms with Gasteiger partial charge in [-0.15, -0.1) is 0 Å². The molecule has 1 unspecified atom stereocenters. The molecule has 1 saturated heterocycles. The molecule has 11 nitrogen and oxygen atoms in total. The first kappa shape index (κ1) is 27.7. The number of benzene rings is 2. The monoisotopic (exact) mass is 587 g/mol. The van der Waals surface area contributed by atoms with E-state index in [1.54, 1.807) is 24.7 Å². The SMILES string of the molecule is CC1COCCN1c1nc(-c2ccc(Nc3nccc(OCc4ccccc4)n3)cc2)nc2c1CCN(c1ncccn1)C2. The molecule has 1 N–H and O–H groups in total. The molecule has 0 saturated carbocycles. The second kappa shape index (κ2) is 12.6. The van der Waals surface area contributed by atoms with Gasteiger partial charge in [-0.2, -0.15) is 4.98 Å². The van der Waals surface area contributed by atoms with Crippen LogP contribution < -0.4 is 19.9 Å². The Labute approximate surface area is 256 Å². The van der Waals surface area contributed by atoms with E-state index in [1.807, 2.05) is 60.7 Å². The highest BCUT2D eigenvalue weighted by Crippen LogP contribution is 2.32. The average molecular weight is 588 g/mol. The molecule has 11 heteroatoms. The highest BCUT2D eigenvalue weighted by Gasteiger charge is 2.29. The number of nitrogens with zero attached hydrogens (tertiary/aromatic N) is 8. The third-order valence-corrected chi connectivity index (χ3v) is 7.78. The van der Waals surface area contributed by atoms with Crippen LogP contribution in [-0.4, -0.2) is 62.2 Å². The van der Waals surface area contributed by atoms with E-state index >= 15 is 0 Å². The van der Waals surface area contributed by atoms with Crippen molar-refractivity contribution in [1.82, 2.24) is 29.9 Å². The third kappa shape index (κ3) is 6.13. The van der Waals surface area contributed by atoms with Crippen LogP contribution in [0.5, 0.6) is 5.88 Å². The van der Waals surface area contributed by atoms with Crippen LogP contribution in [0.3, 0.4) is 0 Å². The molecule has 1 fully saturated rings. The van der Waals surface area contributed by atoms with Crippen LogP contribution in [0.15, 0.2) is 85.3 Å². The van der Waals surface area contributed by atoms with Crippen LogP contribution in [0.25, 0.3) is 11.4 Å². The van der Waals surface area contributed by atoms with Crippen molar-refractivity contribution in [2.45, 2.75) is 32.5 Å². The number of aromatic nitrogens is 6. The van der Waals surface area contributed by atoms with Crippen LogP contribution in [0.2, 0.25) is 0 Å². The number of hydrogen-bond acceptors (Lipinski definition) is 11. The molecule has 2 aliphatic heterocycles. The maximum atomic E-state index is 5.87. The van der Waals surface area contributed by atoms with Gasteiger partial charge < -0.3 is 24.6 Å². The van der Waals surface area contributed by atoms with Crippen molar-refractivity contribution in [2.24, 2.45) is 0 Å². The Morgan fingerprint density at radius 2 is 1.73 bits per heavy atom. The number of nitrogens with one attached hydrogen (secondary N) is 1. The summed E-state index contributed by atoms with van der Waals surface area (Å²) < 4.78 is 11.6. The second-order valence-electron chi connectivity index (χ2n) is 10.8. The fourth-order valence-electron chi connectivity index (χ4n) is 5.49. The molecule has 222 valence electrons. The first-order valence-electron chi connectivity index (χ1n) is 14.8. The number of ether oxygens (including phenoxy) is 2. The van der Waals surface area contributed by atoms with E-state index in [9.17, 15) is 0 Å². The molecule has 5 heterocycles. The Hall–Kier alpha value is -5.16. The van der Waals surface area contributed by atoms with Crippen molar-refractivity contribution in [3.8, 4) is 17.3 Å². The first-order valence-corrected chi connectivity index (χ1v) is 14.8. The van der Waals surface area contributed by atoms with E-state index in [0.29, 0.717) is 50.0 Å². The van der Waals surface area contributed by atoms with Gasteiger partial charge in [0.2, 0.25) is 17.8 Å². The van der Waals surface area contributed by atoms with Crippen LogP contribution in [-0.2, 0) is 24.3 Å². The minimum atomic E-state index is 0.227. The van der Waals surface area contributed by atoms with Gasteiger partial charge in [0.15, 0.2) is 5.82 Å². The molecule has 5 aromatic rings. The Morgan fingerprint density at radius 1 is 0.886 bits per heavy atom. The van der Waals surface area contributed by atoms with Gasteiger partial charge in [0.05, 0.1) is 31.5 Å². The maximum Gasteiger partial charge on any atom is 0.230 e. The Balaban J connectivity index is 1.13. The molecule has 0 amide bonds. The lowest BCUT2D eigenvalue weighted by atomic mass is 10.0. The third-order valence-electron chi connectivity index (χ3n) is 7.78. The molecule has 0 aliphatic carbocycles. The lowest BCUT2D eigenvalue weighted by Crippen LogP contribution is -2.45. The number of rotatable bonds is 8. The summed E-state index contributed by atoms with van der Waals surface area (Å²) in [5.74, 6) is 3.36. The molecule has 0 spiro atoms. The standard InChI is InChI=1S/C33H33N9O2/c1-23-21-43-19-18-42(23)31-27-13-17-41(33-35-14-5-15-36-33)20-28(27)38-30(40-31)25-8-10-26(11-9-25)37-32-34-16-12-29(39-32)44-22-24-6-3-2-4-7-24/h2-12,14-16,23H,13,17-22H2,1H3,(H,34,37,39). The topological polar surface area (TPSA) is 114 Å². The molecule has 1 atom stereocenters. The zero-order chi connectivity index (χ0) is 29.7. The van der Waals surface area contributed by atoms with Crippen molar-refractivity contribution in [2.75, 3.05) is 41.4 Å². The summed E-state index contributed by atoms with van der Waals surface area (Å²) in [4.78, 5) is 32.6. The Kier molecular flexibility index (Phi) is 7.92. The summed E-state index contributed by atoms with van der Waals surface area (Å²) >= 11 is 0. The minimum absolute atomic E-state index is 0.227. The molecule has 2 aromatic carbocycles. The predicted molar refractivity (Wildman–Crippen MR) is 168 cm³/mol. The van der Waals surface area contributed by atoms with Gasteiger partial charge in [-0.05, 0) is 49.2 Å². The number of hydrogen-bond donors (Lipinski definition) is 1. The second-order valence-corrected chi connectivity index (χ2v) is 10.8. The zero-order valence-electron chi connectivity index (χ0n) is 24.5. The number of morpholine rings is 1. The Morgan fingerprint density at radius 3 is 2.55 bits per heavy atom. The fourth-order valence-corrected chi connectivity index (χ4v) is 5.49. The quantitative estimate of drug-likeness (QED) is 0.269. The van der Waals surface area contributed by atoms with Crippen LogP contribution in [0, 0.1) is 0 Å². The first-order chi connectivity index (χ1) is 21.7. The molecule has 0 radical (unpaired) electrons. The van der Waals surface area contributed by atoms with E-state index in [2.05, 4.69) is 42.0 Å². The van der Waals surface area contributed by atoms with Crippen LogP contribution in [0.4, 0.5) is 23.4 Å². The minimum Gasteiger partial charge on any atom is -0.473 e. The van der Waals surface area contributed by atoms with Crippen molar-refractivity contribution in [1.29, 1.82) is 0 Å². The molecule has 0 bridgehead atoms. The molecular weight excluding hydrogens is 554 g/mol. The van der Waals surface area contributed by atoms with Crippen LogP contribution in [0.1, 0.15) is 23.7 Å². The molecular formula is C33H33N9O2. The van der Waals surface area contributed by atoms with E-state index in [-0.39, 0.29) is 6.04 Å². The van der Waals surface area contributed by atoms with Gasteiger partial charge >= 0.3 is 0 Å². The smallest absolute Gasteiger partial charge is 0.230 e. The van der Waals surface area contributed by atoms with E-state index in [1.165, 1.54) is 5.56 Å². The summed E-state index contributed by atoms with van der Waals surface area (Å²) in [6.45, 7) is 6.22. The average Bonchev–Trinajstić information content (AvgIpc) is 3.08. The van der Waals surface area contributed by atoms with Crippen molar-refractivity contribution in [3.63, 3.8) is 0 Å². The number of anilines is 4. The molecule has 3 aromatic heterocycles. The zero-order valence-corrected chi connectivity index (χ0v) is 24.5. The maximum absolute atomic E-state index is 5.87. The molecule has 7 rings (SSSR count). The Bertz CT molecular complexity index is 1700. The van der Waals surface area contributed by atoms with Gasteiger partial charge in [-0.25, -0.2) is 24.9 Å². The highest BCUT2D eigenvalue weighted by atomic mass is 16.5. The summed E-state index contributed by atoms with van der Waals surface area (Å²) in [6, 6.07) is 21.8.